The summed E-state index contributed by atoms with van der Waals surface area (Å²) in [4.78, 5) is 0. The van der Waals surface area contributed by atoms with Crippen molar-refractivity contribution in [2.24, 2.45) is 0 Å². The Morgan fingerprint density at radius 3 is 2.62 bits per heavy atom. The number of thiophene rings is 1. The van der Waals surface area contributed by atoms with Gasteiger partial charge in [-0.05, 0) is 19.9 Å². The lowest BCUT2D eigenvalue weighted by Crippen LogP contribution is -2.36. The molecule has 1 aromatic rings. The van der Waals surface area contributed by atoms with E-state index < -0.39 is 10.0 Å². The highest BCUT2D eigenvalue weighted by Crippen LogP contribution is 2.26. The van der Waals surface area contributed by atoms with Crippen LogP contribution in [0.4, 0.5) is 5.69 Å². The van der Waals surface area contributed by atoms with Crippen molar-refractivity contribution in [2.45, 2.75) is 24.1 Å². The first kappa shape index (κ1) is 13.2. The Labute approximate surface area is 100 Å². The van der Waals surface area contributed by atoms with E-state index in [4.69, 9.17) is 5.73 Å². The fourth-order valence-corrected chi connectivity index (χ4v) is 4.11. The zero-order valence-corrected chi connectivity index (χ0v) is 11.0. The van der Waals surface area contributed by atoms with Crippen LogP contribution in [0, 0.1) is 0 Å². The summed E-state index contributed by atoms with van der Waals surface area (Å²) in [6.07, 6.45) is 1.58. The van der Waals surface area contributed by atoms with Gasteiger partial charge < -0.3 is 5.73 Å². The van der Waals surface area contributed by atoms with Crippen LogP contribution in [-0.2, 0) is 10.0 Å². The molecular formula is C10H16N2O2S2. The third-order valence-electron chi connectivity index (χ3n) is 2.04. The summed E-state index contributed by atoms with van der Waals surface area (Å²) < 4.78 is 26.1. The van der Waals surface area contributed by atoms with Crippen LogP contribution in [-0.4, -0.2) is 25.3 Å². The number of nitrogens with zero attached hydrogens (tertiary/aromatic N) is 1. The maximum atomic E-state index is 12.2. The maximum absolute atomic E-state index is 12.2. The van der Waals surface area contributed by atoms with Gasteiger partial charge in [0.1, 0.15) is 4.21 Å². The highest BCUT2D eigenvalue weighted by molar-refractivity contribution is 7.91. The van der Waals surface area contributed by atoms with Gasteiger partial charge in [-0.1, -0.05) is 6.08 Å². The molecule has 6 heteroatoms. The lowest BCUT2D eigenvalue weighted by Gasteiger charge is -2.23. The summed E-state index contributed by atoms with van der Waals surface area (Å²) in [6, 6.07) is 1.38. The van der Waals surface area contributed by atoms with E-state index in [1.165, 1.54) is 10.4 Å². The highest BCUT2D eigenvalue weighted by atomic mass is 32.2. The van der Waals surface area contributed by atoms with E-state index in [1.54, 1.807) is 11.5 Å². The van der Waals surface area contributed by atoms with Crippen molar-refractivity contribution in [3.63, 3.8) is 0 Å². The van der Waals surface area contributed by atoms with Crippen molar-refractivity contribution in [1.29, 1.82) is 0 Å². The van der Waals surface area contributed by atoms with Gasteiger partial charge >= 0.3 is 0 Å². The molecule has 1 heterocycles. The molecule has 0 aliphatic heterocycles. The molecule has 0 saturated carbocycles. The Balaban J connectivity index is 3.12. The Morgan fingerprint density at radius 2 is 2.25 bits per heavy atom. The molecule has 0 atom stereocenters. The number of rotatable bonds is 5. The summed E-state index contributed by atoms with van der Waals surface area (Å²) in [6.45, 7) is 7.53. The second kappa shape index (κ2) is 4.99. The van der Waals surface area contributed by atoms with Crippen LogP contribution in [0.5, 0.6) is 0 Å². The molecule has 0 radical (unpaired) electrons. The summed E-state index contributed by atoms with van der Waals surface area (Å²) in [5.41, 5.74) is 6.01. The maximum Gasteiger partial charge on any atom is 0.253 e. The summed E-state index contributed by atoms with van der Waals surface area (Å²) in [7, 11) is -3.44. The van der Waals surface area contributed by atoms with Crippen molar-refractivity contribution in [1.82, 2.24) is 4.31 Å². The molecule has 0 spiro atoms. The molecule has 4 nitrogen and oxygen atoms in total. The zero-order valence-electron chi connectivity index (χ0n) is 9.38. The van der Waals surface area contributed by atoms with Gasteiger partial charge in [0, 0.05) is 23.7 Å². The van der Waals surface area contributed by atoms with Crippen LogP contribution in [0.25, 0.3) is 0 Å². The topological polar surface area (TPSA) is 63.4 Å². The third kappa shape index (κ3) is 2.63. The largest absolute Gasteiger partial charge is 0.398 e. The van der Waals surface area contributed by atoms with E-state index in [0.29, 0.717) is 12.2 Å². The number of anilines is 1. The minimum absolute atomic E-state index is 0.105. The standard InChI is InChI=1S/C10H16N2O2S2/c1-4-5-12(8(2)3)16(13,14)10-6-9(11)7-15-10/h4,6-8H,1,5,11H2,2-3H3. The Morgan fingerprint density at radius 1 is 1.62 bits per heavy atom. The molecule has 90 valence electrons. The summed E-state index contributed by atoms with van der Waals surface area (Å²) in [5.74, 6) is 0. The van der Waals surface area contributed by atoms with Crippen molar-refractivity contribution >= 4 is 27.0 Å². The number of nitrogens with two attached hydrogens (primary N) is 1. The second-order valence-corrected chi connectivity index (χ2v) is 6.68. The molecular weight excluding hydrogens is 244 g/mol. The van der Waals surface area contributed by atoms with Gasteiger partial charge in [-0.3, -0.25) is 0 Å². The van der Waals surface area contributed by atoms with Crippen LogP contribution < -0.4 is 5.73 Å². The van der Waals surface area contributed by atoms with Gasteiger partial charge in [0.15, 0.2) is 0 Å². The quantitative estimate of drug-likeness (QED) is 0.823. The number of sulfonamides is 1. The first-order valence-corrected chi connectivity index (χ1v) is 7.18. The average Bonchev–Trinajstić information content (AvgIpc) is 2.61. The number of nitrogen functional groups attached to an aromatic ring is 1. The normalized spacial score (nSPS) is 12.2. The van der Waals surface area contributed by atoms with Crippen LogP contribution in [0.1, 0.15) is 13.8 Å². The Hall–Kier alpha value is -0.850. The molecule has 0 saturated heterocycles. The van der Waals surface area contributed by atoms with Crippen molar-refractivity contribution in [2.75, 3.05) is 12.3 Å². The minimum atomic E-state index is -3.44. The average molecular weight is 260 g/mol. The third-order valence-corrected chi connectivity index (χ3v) is 5.52. The monoisotopic (exact) mass is 260 g/mol. The van der Waals surface area contributed by atoms with E-state index in [0.717, 1.165) is 11.3 Å². The smallest absolute Gasteiger partial charge is 0.253 e. The molecule has 0 aromatic carbocycles. The fraction of sp³-hybridized carbons (Fsp3) is 0.400. The van der Waals surface area contributed by atoms with Gasteiger partial charge in [0.05, 0.1) is 0 Å². The van der Waals surface area contributed by atoms with E-state index in [2.05, 4.69) is 6.58 Å². The first-order valence-electron chi connectivity index (χ1n) is 4.86. The van der Waals surface area contributed by atoms with E-state index in [-0.39, 0.29) is 10.3 Å². The van der Waals surface area contributed by atoms with E-state index >= 15 is 0 Å². The van der Waals surface area contributed by atoms with Crippen molar-refractivity contribution < 1.29 is 8.42 Å². The zero-order chi connectivity index (χ0) is 12.3. The highest BCUT2D eigenvalue weighted by Gasteiger charge is 2.27. The summed E-state index contributed by atoms with van der Waals surface area (Å²) in [5, 5.41) is 1.62. The number of hydrogen-bond acceptors (Lipinski definition) is 4. The number of hydrogen-bond donors (Lipinski definition) is 1. The van der Waals surface area contributed by atoms with Gasteiger partial charge in [0.2, 0.25) is 0 Å². The van der Waals surface area contributed by atoms with E-state index in [9.17, 15) is 8.42 Å². The van der Waals surface area contributed by atoms with Gasteiger partial charge in [-0.25, -0.2) is 8.42 Å². The predicted molar refractivity (Wildman–Crippen MR) is 68.0 cm³/mol. The van der Waals surface area contributed by atoms with Crippen LogP contribution in [0.3, 0.4) is 0 Å². The van der Waals surface area contributed by atoms with Gasteiger partial charge in [-0.2, -0.15) is 4.31 Å². The van der Waals surface area contributed by atoms with Gasteiger partial charge in [0.25, 0.3) is 10.0 Å². The molecule has 1 rings (SSSR count). The fourth-order valence-electron chi connectivity index (χ4n) is 1.29. The molecule has 0 amide bonds. The molecule has 2 N–H and O–H groups in total. The molecule has 0 aliphatic carbocycles. The molecule has 1 aromatic heterocycles. The van der Waals surface area contributed by atoms with Crippen LogP contribution >= 0.6 is 11.3 Å². The van der Waals surface area contributed by atoms with E-state index in [1.807, 2.05) is 13.8 Å². The Bertz CT molecular complexity index is 463. The molecule has 0 fully saturated rings. The lowest BCUT2D eigenvalue weighted by molar-refractivity contribution is 0.384. The minimum Gasteiger partial charge on any atom is -0.398 e. The first-order chi connectivity index (χ1) is 7.39. The molecule has 0 aliphatic rings. The van der Waals surface area contributed by atoms with Crippen LogP contribution in [0.2, 0.25) is 0 Å². The predicted octanol–water partition coefficient (Wildman–Crippen LogP) is 1.92. The summed E-state index contributed by atoms with van der Waals surface area (Å²) >= 11 is 1.14. The second-order valence-electron chi connectivity index (χ2n) is 3.66. The molecule has 16 heavy (non-hydrogen) atoms. The SMILES string of the molecule is C=CCN(C(C)C)S(=O)(=O)c1cc(N)cs1. The van der Waals surface area contributed by atoms with Crippen molar-refractivity contribution in [3.8, 4) is 0 Å². The lowest BCUT2D eigenvalue weighted by atomic mass is 10.4. The Kier molecular flexibility index (Phi) is 4.12. The van der Waals surface area contributed by atoms with Gasteiger partial charge in [-0.15, -0.1) is 17.9 Å². The van der Waals surface area contributed by atoms with Crippen molar-refractivity contribution in [3.05, 3.63) is 24.1 Å². The molecule has 0 bridgehead atoms. The van der Waals surface area contributed by atoms with Crippen LogP contribution in [0.15, 0.2) is 28.3 Å². The molecule has 0 unspecified atom stereocenters.